The fourth-order valence-corrected chi connectivity index (χ4v) is 4.91. The largest absolute Gasteiger partial charge is 0.459 e. The Morgan fingerprint density at radius 3 is 2.97 bits per heavy atom. The summed E-state index contributed by atoms with van der Waals surface area (Å²) in [4.78, 5) is 35.5. The number of thiazole rings is 1. The fourth-order valence-electron chi connectivity index (χ4n) is 3.68. The molecule has 0 saturated heterocycles. The van der Waals surface area contributed by atoms with Crippen molar-refractivity contribution in [2.75, 3.05) is 0 Å². The van der Waals surface area contributed by atoms with Crippen LogP contribution in [0.1, 0.15) is 41.4 Å². The van der Waals surface area contributed by atoms with E-state index in [2.05, 4.69) is 9.97 Å². The van der Waals surface area contributed by atoms with Crippen molar-refractivity contribution in [1.82, 2.24) is 14.4 Å². The van der Waals surface area contributed by atoms with Crippen LogP contribution in [0.25, 0.3) is 16.1 Å². The third-order valence-electron chi connectivity index (χ3n) is 5.08. The molecule has 0 bridgehead atoms. The van der Waals surface area contributed by atoms with Gasteiger partial charge < -0.3 is 9.15 Å². The molecule has 0 fully saturated rings. The zero-order valence-electron chi connectivity index (χ0n) is 15.7. The number of carbonyl (C=O) groups is 1. The number of esters is 1. The molecule has 0 aliphatic heterocycles. The summed E-state index contributed by atoms with van der Waals surface area (Å²) in [5.74, 6) is 0.129. The summed E-state index contributed by atoms with van der Waals surface area (Å²) in [7, 11) is 0. The number of fused-ring (bicyclic) bond motifs is 4. The lowest BCUT2D eigenvalue weighted by atomic mass is 10.0. The number of aromatic nitrogens is 3. The van der Waals surface area contributed by atoms with Gasteiger partial charge in [0.1, 0.15) is 12.1 Å². The molecule has 0 atom stereocenters. The molecule has 1 aromatic carbocycles. The number of para-hydroxylation sites is 2. The van der Waals surface area contributed by atoms with E-state index in [0.717, 1.165) is 36.9 Å². The minimum absolute atomic E-state index is 0.0132. The second-order valence-electron chi connectivity index (χ2n) is 7.12. The summed E-state index contributed by atoms with van der Waals surface area (Å²) in [6.45, 7) is -0.0132. The molecule has 1 aliphatic rings. The number of ether oxygens (including phenoxy) is 1. The molecule has 5 rings (SSSR count). The Hall–Kier alpha value is -3.00. The quantitative estimate of drug-likeness (QED) is 0.469. The van der Waals surface area contributed by atoms with Crippen molar-refractivity contribution < 1.29 is 13.9 Å². The van der Waals surface area contributed by atoms with Crippen molar-refractivity contribution in [2.24, 2.45) is 0 Å². The van der Waals surface area contributed by atoms with Crippen LogP contribution in [0, 0.1) is 0 Å². The van der Waals surface area contributed by atoms with E-state index in [0.29, 0.717) is 28.5 Å². The Morgan fingerprint density at radius 2 is 2.07 bits per heavy atom. The predicted molar refractivity (Wildman–Crippen MR) is 108 cm³/mol. The maximum absolute atomic E-state index is 12.5. The van der Waals surface area contributed by atoms with Gasteiger partial charge in [-0.3, -0.25) is 14.0 Å². The molecule has 8 heteroatoms. The lowest BCUT2D eigenvalue weighted by Crippen LogP contribution is -2.18. The van der Waals surface area contributed by atoms with Crippen LogP contribution < -0.4 is 5.56 Å². The van der Waals surface area contributed by atoms with Crippen molar-refractivity contribution in [3.8, 4) is 0 Å². The highest BCUT2D eigenvalue weighted by Crippen LogP contribution is 2.28. The average molecular weight is 409 g/mol. The lowest BCUT2D eigenvalue weighted by Gasteiger charge is -2.10. The van der Waals surface area contributed by atoms with Gasteiger partial charge in [0.15, 0.2) is 16.4 Å². The topological polar surface area (TPSA) is 86.7 Å². The van der Waals surface area contributed by atoms with E-state index in [9.17, 15) is 9.59 Å². The standard InChI is InChI=1S/C21H19N3O4S/c25-19-11-13(22-21-24(19)15-6-2-4-8-17(15)29-21)12-27-20(26)10-9-18-23-14-5-1-3-7-16(14)28-18/h1,3,5,7,11H,2,4,6,8-10,12H2. The van der Waals surface area contributed by atoms with Crippen LogP contribution in [-0.4, -0.2) is 20.3 Å². The van der Waals surface area contributed by atoms with Crippen LogP contribution >= 0.6 is 11.3 Å². The molecule has 0 unspecified atom stereocenters. The van der Waals surface area contributed by atoms with Gasteiger partial charge in [-0.1, -0.05) is 12.1 Å². The molecular weight excluding hydrogens is 390 g/mol. The number of nitrogens with zero attached hydrogens (tertiary/aromatic N) is 3. The van der Waals surface area contributed by atoms with E-state index in [1.54, 1.807) is 15.7 Å². The molecule has 0 amide bonds. The normalized spacial score (nSPS) is 13.7. The number of benzene rings is 1. The van der Waals surface area contributed by atoms with Gasteiger partial charge >= 0.3 is 5.97 Å². The van der Waals surface area contributed by atoms with Crippen molar-refractivity contribution >= 4 is 33.4 Å². The molecule has 3 heterocycles. The van der Waals surface area contributed by atoms with Crippen LogP contribution in [0.15, 0.2) is 39.5 Å². The molecule has 29 heavy (non-hydrogen) atoms. The smallest absolute Gasteiger partial charge is 0.306 e. The summed E-state index contributed by atoms with van der Waals surface area (Å²) in [5, 5.41) is 0. The minimum atomic E-state index is -0.375. The first kappa shape index (κ1) is 18.1. The van der Waals surface area contributed by atoms with Gasteiger partial charge in [0.25, 0.3) is 5.56 Å². The Morgan fingerprint density at radius 1 is 1.21 bits per heavy atom. The first-order valence-electron chi connectivity index (χ1n) is 9.71. The Kier molecular flexibility index (Phi) is 4.63. The van der Waals surface area contributed by atoms with Crippen molar-refractivity contribution in [2.45, 2.75) is 45.1 Å². The minimum Gasteiger partial charge on any atom is -0.459 e. The van der Waals surface area contributed by atoms with E-state index in [1.165, 1.54) is 10.9 Å². The molecule has 0 spiro atoms. The maximum atomic E-state index is 12.5. The number of rotatable bonds is 5. The predicted octanol–water partition coefficient (Wildman–Crippen LogP) is 3.45. The Labute approximate surface area is 170 Å². The number of aryl methyl sites for hydroxylation is 3. The molecule has 7 nitrogen and oxygen atoms in total. The van der Waals surface area contributed by atoms with Gasteiger partial charge in [0.2, 0.25) is 0 Å². The zero-order chi connectivity index (χ0) is 19.8. The Balaban J connectivity index is 1.24. The molecular formula is C21H19N3O4S. The first-order valence-corrected chi connectivity index (χ1v) is 10.5. The van der Waals surface area contributed by atoms with E-state index in [-0.39, 0.29) is 24.6 Å². The van der Waals surface area contributed by atoms with Gasteiger partial charge in [0.05, 0.1) is 12.1 Å². The van der Waals surface area contributed by atoms with E-state index in [4.69, 9.17) is 9.15 Å². The number of hydrogen-bond acceptors (Lipinski definition) is 7. The van der Waals surface area contributed by atoms with Crippen LogP contribution in [0.2, 0.25) is 0 Å². The van der Waals surface area contributed by atoms with Crippen LogP contribution in [0.4, 0.5) is 0 Å². The van der Waals surface area contributed by atoms with Crippen molar-refractivity contribution in [1.29, 1.82) is 0 Å². The van der Waals surface area contributed by atoms with Gasteiger partial charge in [-0.25, -0.2) is 9.97 Å². The number of oxazole rings is 1. The fraction of sp³-hybridized carbons (Fsp3) is 0.333. The molecule has 0 radical (unpaired) electrons. The average Bonchev–Trinajstić information content (AvgIpc) is 3.31. The summed E-state index contributed by atoms with van der Waals surface area (Å²) in [5.41, 5.74) is 2.94. The molecule has 0 saturated carbocycles. The van der Waals surface area contributed by atoms with Gasteiger partial charge in [-0.05, 0) is 37.8 Å². The Bertz CT molecular complexity index is 1240. The second kappa shape index (κ2) is 7.44. The third-order valence-corrected chi connectivity index (χ3v) is 6.22. The number of carbonyl (C=O) groups excluding carboxylic acids is 1. The van der Waals surface area contributed by atoms with E-state index >= 15 is 0 Å². The highest BCUT2D eigenvalue weighted by molar-refractivity contribution is 7.17. The molecule has 4 aromatic rings. The van der Waals surface area contributed by atoms with Crippen LogP contribution in [0.5, 0.6) is 0 Å². The van der Waals surface area contributed by atoms with Crippen LogP contribution in [-0.2, 0) is 35.4 Å². The molecule has 148 valence electrons. The van der Waals surface area contributed by atoms with Crippen molar-refractivity contribution in [3.05, 3.63) is 62.8 Å². The van der Waals surface area contributed by atoms with E-state index in [1.807, 2.05) is 24.3 Å². The highest BCUT2D eigenvalue weighted by Gasteiger charge is 2.19. The summed E-state index contributed by atoms with van der Waals surface area (Å²) in [6, 6.07) is 8.93. The SMILES string of the molecule is O=C(CCc1nc2ccccc2o1)OCc1cc(=O)n2c3c(sc2n1)CCCC3. The maximum Gasteiger partial charge on any atom is 0.306 e. The van der Waals surface area contributed by atoms with Gasteiger partial charge in [0, 0.05) is 23.1 Å². The molecule has 0 N–H and O–H groups in total. The summed E-state index contributed by atoms with van der Waals surface area (Å²) < 4.78 is 12.6. The number of hydrogen-bond donors (Lipinski definition) is 0. The van der Waals surface area contributed by atoms with Crippen molar-refractivity contribution in [3.63, 3.8) is 0 Å². The summed E-state index contributed by atoms with van der Waals surface area (Å²) >= 11 is 1.56. The highest BCUT2D eigenvalue weighted by atomic mass is 32.1. The van der Waals surface area contributed by atoms with Gasteiger partial charge in [-0.15, -0.1) is 11.3 Å². The van der Waals surface area contributed by atoms with Crippen LogP contribution in [0.3, 0.4) is 0 Å². The first-order chi connectivity index (χ1) is 14.2. The molecule has 1 aliphatic carbocycles. The van der Waals surface area contributed by atoms with Gasteiger partial charge in [-0.2, -0.15) is 0 Å². The molecule has 3 aromatic heterocycles. The monoisotopic (exact) mass is 409 g/mol. The summed E-state index contributed by atoms with van der Waals surface area (Å²) in [6.07, 6.45) is 4.69. The third kappa shape index (κ3) is 3.55. The lowest BCUT2D eigenvalue weighted by molar-refractivity contribution is -0.145. The zero-order valence-corrected chi connectivity index (χ0v) is 16.5. The second-order valence-corrected chi connectivity index (χ2v) is 8.18. The van der Waals surface area contributed by atoms with E-state index < -0.39 is 0 Å².